The van der Waals surface area contributed by atoms with Gasteiger partial charge in [-0.15, -0.1) is 0 Å². The molecule has 6 heteroatoms. The van der Waals surface area contributed by atoms with Crippen molar-refractivity contribution in [3.05, 3.63) is 33.3 Å². The molecule has 18 heavy (non-hydrogen) atoms. The molecule has 2 rings (SSSR count). The van der Waals surface area contributed by atoms with Crippen LogP contribution in [0.2, 0.25) is 5.02 Å². The molecule has 1 aromatic carbocycles. The number of likely N-dealkylation sites (N-methyl/N-ethyl adjacent to an activating group) is 1. The zero-order chi connectivity index (χ0) is 13.1. The normalized spacial score (nSPS) is 14.8. The molecule has 0 amide bonds. The molecule has 0 unspecified atom stereocenters. The third kappa shape index (κ3) is 3.11. The molecule has 1 saturated carbocycles. The van der Waals surface area contributed by atoms with E-state index >= 15 is 0 Å². The summed E-state index contributed by atoms with van der Waals surface area (Å²) >= 11 is 5.98. The SMILES string of the molecule is CN(CCNc1c(Cl)cccc1[N+](=O)[O-])C1CC1. The van der Waals surface area contributed by atoms with Crippen LogP contribution in [0.1, 0.15) is 12.8 Å². The number of benzene rings is 1. The number of nitrogens with one attached hydrogen (secondary N) is 1. The number of nitro groups is 1. The highest BCUT2D eigenvalue weighted by Gasteiger charge is 2.25. The summed E-state index contributed by atoms with van der Waals surface area (Å²) in [5.74, 6) is 0. The summed E-state index contributed by atoms with van der Waals surface area (Å²) in [5.41, 5.74) is 0.435. The second-order valence-corrected chi connectivity index (χ2v) is 4.94. The van der Waals surface area contributed by atoms with Crippen molar-refractivity contribution in [2.24, 2.45) is 0 Å². The van der Waals surface area contributed by atoms with E-state index in [0.717, 1.165) is 6.54 Å². The van der Waals surface area contributed by atoms with Crippen molar-refractivity contribution in [3.8, 4) is 0 Å². The van der Waals surface area contributed by atoms with Gasteiger partial charge in [-0.05, 0) is 26.0 Å². The van der Waals surface area contributed by atoms with Crippen LogP contribution >= 0.6 is 11.6 Å². The lowest BCUT2D eigenvalue weighted by Crippen LogP contribution is -2.27. The van der Waals surface area contributed by atoms with Crippen molar-refractivity contribution < 1.29 is 4.92 Å². The van der Waals surface area contributed by atoms with Gasteiger partial charge in [0, 0.05) is 25.2 Å². The molecule has 1 aromatic rings. The third-order valence-corrected chi connectivity index (χ3v) is 3.44. The third-order valence-electron chi connectivity index (χ3n) is 3.12. The standard InChI is InChI=1S/C12H16ClN3O2/c1-15(9-5-6-9)8-7-14-12-10(13)3-2-4-11(12)16(17)18/h2-4,9,14H,5-8H2,1H3. The number of nitro benzene ring substituents is 1. The number of hydrogen-bond acceptors (Lipinski definition) is 4. The van der Waals surface area contributed by atoms with E-state index in [9.17, 15) is 10.1 Å². The van der Waals surface area contributed by atoms with Gasteiger partial charge in [-0.2, -0.15) is 0 Å². The largest absolute Gasteiger partial charge is 0.377 e. The highest BCUT2D eigenvalue weighted by Crippen LogP contribution is 2.31. The fourth-order valence-electron chi connectivity index (χ4n) is 1.90. The summed E-state index contributed by atoms with van der Waals surface area (Å²) in [7, 11) is 2.07. The molecule has 0 aliphatic heterocycles. The Balaban J connectivity index is 1.97. The highest BCUT2D eigenvalue weighted by molar-refractivity contribution is 6.33. The monoisotopic (exact) mass is 269 g/mol. The van der Waals surface area contributed by atoms with E-state index in [4.69, 9.17) is 11.6 Å². The van der Waals surface area contributed by atoms with Crippen LogP contribution in [0.15, 0.2) is 18.2 Å². The van der Waals surface area contributed by atoms with Gasteiger partial charge in [0.05, 0.1) is 9.95 Å². The zero-order valence-corrected chi connectivity index (χ0v) is 11.0. The van der Waals surface area contributed by atoms with Crippen LogP contribution in [0.3, 0.4) is 0 Å². The van der Waals surface area contributed by atoms with Crippen molar-refractivity contribution in [2.75, 3.05) is 25.5 Å². The van der Waals surface area contributed by atoms with Gasteiger partial charge in [0.2, 0.25) is 0 Å². The Bertz CT molecular complexity index is 449. The Hall–Kier alpha value is -1.33. The average molecular weight is 270 g/mol. The van der Waals surface area contributed by atoms with E-state index in [1.807, 2.05) is 0 Å². The first kappa shape index (κ1) is 13.1. The molecule has 1 aliphatic rings. The van der Waals surface area contributed by atoms with Gasteiger partial charge in [0.1, 0.15) is 5.69 Å². The lowest BCUT2D eigenvalue weighted by atomic mass is 10.2. The Kier molecular flexibility index (Phi) is 4.04. The van der Waals surface area contributed by atoms with Crippen LogP contribution in [0.4, 0.5) is 11.4 Å². The van der Waals surface area contributed by atoms with Gasteiger partial charge in [-0.3, -0.25) is 10.1 Å². The van der Waals surface area contributed by atoms with E-state index < -0.39 is 4.92 Å². The van der Waals surface area contributed by atoms with Gasteiger partial charge in [-0.1, -0.05) is 17.7 Å². The summed E-state index contributed by atoms with van der Waals surface area (Å²) in [5, 5.41) is 14.3. The number of anilines is 1. The average Bonchev–Trinajstić information content (AvgIpc) is 3.14. The molecule has 1 fully saturated rings. The molecule has 0 heterocycles. The number of para-hydroxylation sites is 1. The maximum Gasteiger partial charge on any atom is 0.293 e. The molecule has 0 saturated heterocycles. The molecule has 0 radical (unpaired) electrons. The molecule has 5 nitrogen and oxygen atoms in total. The maximum atomic E-state index is 10.9. The van der Waals surface area contributed by atoms with E-state index in [0.29, 0.717) is 23.3 Å². The lowest BCUT2D eigenvalue weighted by Gasteiger charge is -2.16. The fraction of sp³-hybridized carbons (Fsp3) is 0.500. The summed E-state index contributed by atoms with van der Waals surface area (Å²) < 4.78 is 0. The summed E-state index contributed by atoms with van der Waals surface area (Å²) in [6.45, 7) is 1.50. The first-order valence-corrected chi connectivity index (χ1v) is 6.34. The molecular formula is C12H16ClN3O2. The van der Waals surface area contributed by atoms with Crippen molar-refractivity contribution in [1.82, 2.24) is 4.90 Å². The van der Waals surface area contributed by atoms with Crippen LogP contribution in [0.25, 0.3) is 0 Å². The van der Waals surface area contributed by atoms with Gasteiger partial charge in [0.25, 0.3) is 5.69 Å². The van der Waals surface area contributed by atoms with Gasteiger partial charge in [-0.25, -0.2) is 0 Å². The van der Waals surface area contributed by atoms with E-state index in [-0.39, 0.29) is 5.69 Å². The maximum absolute atomic E-state index is 10.9. The molecule has 0 spiro atoms. The van der Waals surface area contributed by atoms with Crippen molar-refractivity contribution >= 4 is 23.0 Å². The van der Waals surface area contributed by atoms with Crippen LogP contribution < -0.4 is 5.32 Å². The number of halogens is 1. The Morgan fingerprint density at radius 3 is 2.89 bits per heavy atom. The number of hydrogen-bond donors (Lipinski definition) is 1. The topological polar surface area (TPSA) is 58.4 Å². The quantitative estimate of drug-likeness (QED) is 0.637. The molecule has 0 aromatic heterocycles. The van der Waals surface area contributed by atoms with Gasteiger partial charge < -0.3 is 10.2 Å². The number of nitrogens with zero attached hydrogens (tertiary/aromatic N) is 2. The minimum Gasteiger partial charge on any atom is -0.377 e. The Morgan fingerprint density at radius 1 is 1.56 bits per heavy atom. The molecule has 0 bridgehead atoms. The predicted octanol–water partition coefficient (Wildman–Crippen LogP) is 2.75. The van der Waals surface area contributed by atoms with E-state index in [1.165, 1.54) is 18.9 Å². The lowest BCUT2D eigenvalue weighted by molar-refractivity contribution is -0.383. The molecule has 1 aliphatic carbocycles. The fourth-order valence-corrected chi connectivity index (χ4v) is 2.13. The van der Waals surface area contributed by atoms with E-state index in [2.05, 4.69) is 17.3 Å². The van der Waals surface area contributed by atoms with Crippen LogP contribution in [0.5, 0.6) is 0 Å². The first-order chi connectivity index (χ1) is 8.59. The summed E-state index contributed by atoms with van der Waals surface area (Å²) in [6.07, 6.45) is 2.51. The van der Waals surface area contributed by atoms with Crippen molar-refractivity contribution in [1.29, 1.82) is 0 Å². The van der Waals surface area contributed by atoms with Crippen LogP contribution in [-0.2, 0) is 0 Å². The van der Waals surface area contributed by atoms with Crippen LogP contribution in [-0.4, -0.2) is 36.0 Å². The second kappa shape index (κ2) is 5.54. The minimum atomic E-state index is -0.418. The van der Waals surface area contributed by atoms with E-state index in [1.54, 1.807) is 12.1 Å². The van der Waals surface area contributed by atoms with Crippen molar-refractivity contribution in [3.63, 3.8) is 0 Å². The summed E-state index contributed by atoms with van der Waals surface area (Å²) in [4.78, 5) is 12.7. The first-order valence-electron chi connectivity index (χ1n) is 5.96. The molecular weight excluding hydrogens is 254 g/mol. The zero-order valence-electron chi connectivity index (χ0n) is 10.2. The molecule has 1 N–H and O–H groups in total. The number of rotatable bonds is 6. The molecule has 0 atom stereocenters. The van der Waals surface area contributed by atoms with Crippen LogP contribution in [0, 0.1) is 10.1 Å². The van der Waals surface area contributed by atoms with Gasteiger partial charge >= 0.3 is 0 Å². The molecule has 98 valence electrons. The van der Waals surface area contributed by atoms with Crippen molar-refractivity contribution in [2.45, 2.75) is 18.9 Å². The second-order valence-electron chi connectivity index (χ2n) is 4.53. The summed E-state index contributed by atoms with van der Waals surface area (Å²) in [6, 6.07) is 5.38. The minimum absolute atomic E-state index is 0.0246. The smallest absolute Gasteiger partial charge is 0.293 e. The predicted molar refractivity (Wildman–Crippen MR) is 72.2 cm³/mol. The van der Waals surface area contributed by atoms with Gasteiger partial charge in [0.15, 0.2) is 0 Å². The highest BCUT2D eigenvalue weighted by atomic mass is 35.5. The Labute approximate surface area is 111 Å². The Morgan fingerprint density at radius 2 is 2.28 bits per heavy atom.